The molecule has 6 heteroatoms. The summed E-state index contributed by atoms with van der Waals surface area (Å²) in [5, 5.41) is 9.81. The van der Waals surface area contributed by atoms with Crippen LogP contribution >= 0.6 is 0 Å². The molecule has 0 radical (unpaired) electrons. The van der Waals surface area contributed by atoms with Crippen molar-refractivity contribution in [1.82, 2.24) is 20.8 Å². The molecule has 0 aromatic carbocycles. The van der Waals surface area contributed by atoms with Crippen LogP contribution in [0.4, 0.5) is 0 Å². The molecule has 2 N–H and O–H groups in total. The lowest BCUT2D eigenvalue weighted by Gasteiger charge is -2.30. The molecular formula is C10H16N4O2. The summed E-state index contributed by atoms with van der Waals surface area (Å²) in [4.78, 5) is 15.9. The minimum absolute atomic E-state index is 0.0335. The second-order valence-electron chi connectivity index (χ2n) is 4.61. The Morgan fingerprint density at radius 1 is 1.56 bits per heavy atom. The topological polar surface area (TPSA) is 80.0 Å². The highest BCUT2D eigenvalue weighted by molar-refractivity contribution is 5.80. The van der Waals surface area contributed by atoms with Gasteiger partial charge in [0.25, 0.3) is 0 Å². The minimum Gasteiger partial charge on any atom is -0.343 e. The largest absolute Gasteiger partial charge is 0.343 e. The number of aryl methyl sites for hydroxylation is 1. The zero-order valence-electron chi connectivity index (χ0n) is 9.70. The Morgan fingerprint density at radius 2 is 2.25 bits per heavy atom. The number of carbonyl (C=O) groups excluding carboxylic acids is 1. The van der Waals surface area contributed by atoms with E-state index >= 15 is 0 Å². The van der Waals surface area contributed by atoms with Crippen molar-refractivity contribution in [1.29, 1.82) is 0 Å². The summed E-state index contributed by atoms with van der Waals surface area (Å²) < 4.78 is 4.91. The standard InChI is InChI=1S/C10H16N4O2/c1-6-12-9(14-16-6)10(2,3)13-8(15)7-4-11-5-7/h7,11H,4-5H2,1-3H3,(H,13,15). The van der Waals surface area contributed by atoms with Crippen molar-refractivity contribution in [3.63, 3.8) is 0 Å². The Hall–Kier alpha value is -1.43. The Bertz CT molecular complexity index is 395. The van der Waals surface area contributed by atoms with Gasteiger partial charge in [-0.05, 0) is 13.8 Å². The van der Waals surface area contributed by atoms with E-state index in [1.54, 1.807) is 6.92 Å². The molecule has 88 valence electrons. The fraction of sp³-hybridized carbons (Fsp3) is 0.700. The molecule has 0 bridgehead atoms. The van der Waals surface area contributed by atoms with E-state index in [9.17, 15) is 4.79 Å². The van der Waals surface area contributed by atoms with Crippen LogP contribution in [-0.4, -0.2) is 29.1 Å². The van der Waals surface area contributed by atoms with Crippen LogP contribution in [0.3, 0.4) is 0 Å². The van der Waals surface area contributed by atoms with Crippen LogP contribution in [-0.2, 0) is 10.3 Å². The summed E-state index contributed by atoms with van der Waals surface area (Å²) in [6.45, 7) is 6.94. The van der Waals surface area contributed by atoms with Crippen LogP contribution in [0.2, 0.25) is 0 Å². The van der Waals surface area contributed by atoms with Crippen molar-refractivity contribution in [2.45, 2.75) is 26.3 Å². The maximum absolute atomic E-state index is 11.8. The highest BCUT2D eigenvalue weighted by Crippen LogP contribution is 2.17. The zero-order valence-corrected chi connectivity index (χ0v) is 9.70. The molecule has 1 aromatic heterocycles. The van der Waals surface area contributed by atoms with Crippen LogP contribution in [0.1, 0.15) is 25.6 Å². The van der Waals surface area contributed by atoms with Gasteiger partial charge in [-0.25, -0.2) is 0 Å². The molecule has 0 spiro atoms. The number of amides is 1. The zero-order chi connectivity index (χ0) is 11.8. The van der Waals surface area contributed by atoms with Gasteiger partial charge in [-0.15, -0.1) is 0 Å². The number of carbonyl (C=O) groups is 1. The fourth-order valence-corrected chi connectivity index (χ4v) is 1.49. The molecule has 0 unspecified atom stereocenters. The third-order valence-corrected chi connectivity index (χ3v) is 2.67. The molecule has 2 heterocycles. The van der Waals surface area contributed by atoms with Crippen molar-refractivity contribution in [3.8, 4) is 0 Å². The summed E-state index contributed by atoms with van der Waals surface area (Å²) in [5.41, 5.74) is -0.593. The van der Waals surface area contributed by atoms with E-state index in [4.69, 9.17) is 4.52 Å². The molecule has 0 saturated carbocycles. The smallest absolute Gasteiger partial charge is 0.226 e. The molecule has 0 aliphatic carbocycles. The Labute approximate surface area is 93.8 Å². The normalized spacial score (nSPS) is 16.9. The van der Waals surface area contributed by atoms with Gasteiger partial charge in [0.1, 0.15) is 0 Å². The van der Waals surface area contributed by atoms with E-state index in [2.05, 4.69) is 20.8 Å². The minimum atomic E-state index is -0.593. The van der Waals surface area contributed by atoms with Crippen molar-refractivity contribution in [2.24, 2.45) is 5.92 Å². The summed E-state index contributed by atoms with van der Waals surface area (Å²) in [7, 11) is 0. The molecule has 0 atom stereocenters. The van der Waals surface area contributed by atoms with Gasteiger partial charge in [0.2, 0.25) is 11.8 Å². The lowest BCUT2D eigenvalue weighted by Crippen LogP contribution is -2.54. The molecular weight excluding hydrogens is 208 g/mol. The third-order valence-electron chi connectivity index (χ3n) is 2.67. The van der Waals surface area contributed by atoms with E-state index in [1.165, 1.54) is 0 Å². The summed E-state index contributed by atoms with van der Waals surface area (Å²) in [6, 6.07) is 0. The lowest BCUT2D eigenvalue weighted by molar-refractivity contribution is -0.128. The maximum Gasteiger partial charge on any atom is 0.226 e. The van der Waals surface area contributed by atoms with E-state index in [0.717, 1.165) is 13.1 Å². The highest BCUT2D eigenvalue weighted by atomic mass is 16.5. The fourth-order valence-electron chi connectivity index (χ4n) is 1.49. The molecule has 2 rings (SSSR count). The number of hydrogen-bond acceptors (Lipinski definition) is 5. The number of nitrogens with zero attached hydrogens (tertiary/aromatic N) is 2. The predicted molar refractivity (Wildman–Crippen MR) is 56.6 cm³/mol. The Balaban J connectivity index is 2.04. The van der Waals surface area contributed by atoms with E-state index in [0.29, 0.717) is 11.7 Å². The van der Waals surface area contributed by atoms with E-state index in [-0.39, 0.29) is 11.8 Å². The second-order valence-corrected chi connectivity index (χ2v) is 4.61. The molecule has 1 aliphatic heterocycles. The summed E-state index contributed by atoms with van der Waals surface area (Å²) in [5.74, 6) is 1.10. The SMILES string of the molecule is Cc1nc(C(C)(C)NC(=O)C2CNC2)no1. The molecule has 6 nitrogen and oxygen atoms in total. The first-order chi connectivity index (χ1) is 7.49. The summed E-state index contributed by atoms with van der Waals surface area (Å²) in [6.07, 6.45) is 0. The Kier molecular flexibility index (Phi) is 2.67. The third kappa shape index (κ3) is 2.06. The number of rotatable bonds is 3. The maximum atomic E-state index is 11.8. The number of aromatic nitrogens is 2. The van der Waals surface area contributed by atoms with Crippen LogP contribution < -0.4 is 10.6 Å². The lowest BCUT2D eigenvalue weighted by atomic mass is 9.98. The first-order valence-corrected chi connectivity index (χ1v) is 5.32. The number of nitrogens with one attached hydrogen (secondary N) is 2. The van der Waals surface area contributed by atoms with E-state index < -0.39 is 5.54 Å². The van der Waals surface area contributed by atoms with Gasteiger partial charge in [-0.3, -0.25) is 4.79 Å². The van der Waals surface area contributed by atoms with Gasteiger partial charge in [-0.2, -0.15) is 4.98 Å². The molecule has 1 amide bonds. The predicted octanol–water partition coefficient (Wildman–Crippen LogP) is -0.0513. The van der Waals surface area contributed by atoms with Crippen LogP contribution in [0.5, 0.6) is 0 Å². The van der Waals surface area contributed by atoms with Gasteiger partial charge < -0.3 is 15.2 Å². The molecule has 16 heavy (non-hydrogen) atoms. The highest BCUT2D eigenvalue weighted by Gasteiger charge is 2.33. The van der Waals surface area contributed by atoms with Gasteiger partial charge in [0.05, 0.1) is 11.5 Å². The molecule has 1 aliphatic rings. The van der Waals surface area contributed by atoms with Crippen LogP contribution in [0.15, 0.2) is 4.52 Å². The summed E-state index contributed by atoms with van der Waals surface area (Å²) >= 11 is 0. The van der Waals surface area contributed by atoms with Crippen molar-refractivity contribution in [3.05, 3.63) is 11.7 Å². The number of hydrogen-bond donors (Lipinski definition) is 2. The van der Waals surface area contributed by atoms with Crippen molar-refractivity contribution >= 4 is 5.91 Å². The molecule has 1 saturated heterocycles. The van der Waals surface area contributed by atoms with Gasteiger partial charge >= 0.3 is 0 Å². The first-order valence-electron chi connectivity index (χ1n) is 5.32. The van der Waals surface area contributed by atoms with Crippen molar-refractivity contribution < 1.29 is 9.32 Å². The van der Waals surface area contributed by atoms with Gasteiger partial charge in [-0.1, -0.05) is 5.16 Å². The van der Waals surface area contributed by atoms with Gasteiger partial charge in [0, 0.05) is 20.0 Å². The monoisotopic (exact) mass is 224 g/mol. The first kappa shape index (κ1) is 11.1. The molecule has 1 aromatic rings. The average molecular weight is 224 g/mol. The van der Waals surface area contributed by atoms with Gasteiger partial charge in [0.15, 0.2) is 5.82 Å². The van der Waals surface area contributed by atoms with E-state index in [1.807, 2.05) is 13.8 Å². The Morgan fingerprint density at radius 3 is 2.69 bits per heavy atom. The average Bonchev–Trinajstić information content (AvgIpc) is 2.47. The quantitative estimate of drug-likeness (QED) is 0.752. The van der Waals surface area contributed by atoms with Crippen LogP contribution in [0.25, 0.3) is 0 Å². The van der Waals surface area contributed by atoms with Crippen molar-refractivity contribution in [2.75, 3.05) is 13.1 Å². The second kappa shape index (κ2) is 3.86. The van der Waals surface area contributed by atoms with Crippen LogP contribution in [0, 0.1) is 12.8 Å². The molecule has 1 fully saturated rings.